The van der Waals surface area contributed by atoms with E-state index in [0.717, 1.165) is 29.6 Å². The Labute approximate surface area is 125 Å². The predicted molar refractivity (Wildman–Crippen MR) is 81.8 cm³/mol. The third-order valence-corrected chi connectivity index (χ3v) is 5.11. The van der Waals surface area contributed by atoms with E-state index in [4.69, 9.17) is 11.6 Å². The molecule has 0 radical (unpaired) electrons. The molecule has 0 bridgehead atoms. The molecule has 1 nitrogen and oxygen atoms in total. The summed E-state index contributed by atoms with van der Waals surface area (Å²) in [5, 5.41) is 4.38. The van der Waals surface area contributed by atoms with Crippen molar-refractivity contribution in [2.45, 2.75) is 56.9 Å². The lowest BCUT2D eigenvalue weighted by Gasteiger charge is -2.27. The van der Waals surface area contributed by atoms with Crippen LogP contribution in [0.25, 0.3) is 0 Å². The van der Waals surface area contributed by atoms with Crippen LogP contribution in [0.1, 0.15) is 56.4 Å². The number of halogens is 2. The molecule has 2 aliphatic carbocycles. The Hall–Kier alpha value is -0.600. The van der Waals surface area contributed by atoms with Gasteiger partial charge in [0.1, 0.15) is 5.82 Å². The van der Waals surface area contributed by atoms with Gasteiger partial charge in [0.25, 0.3) is 0 Å². The van der Waals surface area contributed by atoms with Gasteiger partial charge in [-0.2, -0.15) is 0 Å². The second-order valence-corrected chi connectivity index (χ2v) is 6.76. The Balaban J connectivity index is 1.78. The van der Waals surface area contributed by atoms with Gasteiger partial charge in [0.05, 0.1) is 0 Å². The van der Waals surface area contributed by atoms with Gasteiger partial charge in [-0.05, 0) is 67.8 Å². The fourth-order valence-corrected chi connectivity index (χ4v) is 3.70. The first kappa shape index (κ1) is 14.3. The van der Waals surface area contributed by atoms with Crippen molar-refractivity contribution in [2.75, 3.05) is 6.54 Å². The van der Waals surface area contributed by atoms with Gasteiger partial charge in [0, 0.05) is 11.1 Å². The smallest absolute Gasteiger partial charge is 0.123 e. The van der Waals surface area contributed by atoms with E-state index in [-0.39, 0.29) is 5.82 Å². The maximum Gasteiger partial charge on any atom is 0.123 e. The molecule has 20 heavy (non-hydrogen) atoms. The third kappa shape index (κ3) is 3.53. The molecule has 0 aromatic heterocycles. The lowest BCUT2D eigenvalue weighted by molar-refractivity contribution is 0.373. The monoisotopic (exact) mass is 295 g/mol. The summed E-state index contributed by atoms with van der Waals surface area (Å²) in [7, 11) is 0. The molecule has 2 saturated carbocycles. The Morgan fingerprint density at radius 3 is 2.70 bits per heavy atom. The first-order valence-corrected chi connectivity index (χ1v) is 8.30. The molecule has 2 unspecified atom stereocenters. The van der Waals surface area contributed by atoms with E-state index in [9.17, 15) is 4.39 Å². The highest BCUT2D eigenvalue weighted by molar-refractivity contribution is 6.31. The summed E-state index contributed by atoms with van der Waals surface area (Å²) in [6.45, 7) is 1.06. The molecule has 0 spiro atoms. The lowest BCUT2D eigenvalue weighted by Crippen LogP contribution is -2.28. The topological polar surface area (TPSA) is 12.0 Å². The number of hydrogen-bond acceptors (Lipinski definition) is 1. The van der Waals surface area contributed by atoms with Crippen LogP contribution in [0.4, 0.5) is 4.39 Å². The highest BCUT2D eigenvalue weighted by Crippen LogP contribution is 2.39. The van der Waals surface area contributed by atoms with Gasteiger partial charge in [0.2, 0.25) is 0 Å². The molecule has 3 heteroatoms. The molecule has 2 aliphatic rings. The maximum absolute atomic E-state index is 13.6. The van der Waals surface area contributed by atoms with Gasteiger partial charge in [-0.15, -0.1) is 0 Å². The molecule has 0 saturated heterocycles. The summed E-state index contributed by atoms with van der Waals surface area (Å²) in [4.78, 5) is 0. The average Bonchev–Trinajstić information content (AvgIpc) is 3.25. The molecular weight excluding hydrogens is 273 g/mol. The summed E-state index contributed by atoms with van der Waals surface area (Å²) in [5.41, 5.74) is 1.02. The molecular formula is C17H23ClFN. The Morgan fingerprint density at radius 1 is 1.10 bits per heavy atom. The molecule has 0 amide bonds. The minimum absolute atomic E-state index is 0.164. The van der Waals surface area contributed by atoms with E-state index in [1.165, 1.54) is 44.6 Å². The second-order valence-electron chi connectivity index (χ2n) is 6.35. The maximum atomic E-state index is 13.6. The van der Waals surface area contributed by atoms with Gasteiger partial charge < -0.3 is 5.32 Å². The van der Waals surface area contributed by atoms with Crippen LogP contribution in [-0.4, -0.2) is 12.6 Å². The van der Waals surface area contributed by atoms with Crippen LogP contribution in [0.5, 0.6) is 0 Å². The van der Waals surface area contributed by atoms with Gasteiger partial charge >= 0.3 is 0 Å². The lowest BCUT2D eigenvalue weighted by atomic mass is 9.82. The first-order chi connectivity index (χ1) is 9.74. The van der Waals surface area contributed by atoms with E-state index in [1.54, 1.807) is 12.1 Å². The molecule has 0 aliphatic heterocycles. The summed E-state index contributed by atoms with van der Waals surface area (Å²) >= 11 is 6.34. The first-order valence-electron chi connectivity index (χ1n) is 7.92. The molecule has 1 N–H and O–H groups in total. The number of benzene rings is 1. The van der Waals surface area contributed by atoms with Crippen LogP contribution in [-0.2, 0) is 0 Å². The summed E-state index contributed by atoms with van der Waals surface area (Å²) in [5.74, 6) is 0.840. The van der Waals surface area contributed by atoms with Gasteiger partial charge in [0.15, 0.2) is 0 Å². The van der Waals surface area contributed by atoms with Crippen LogP contribution in [0, 0.1) is 11.7 Å². The highest BCUT2D eigenvalue weighted by atomic mass is 35.5. The van der Waals surface area contributed by atoms with Gasteiger partial charge in [-0.3, -0.25) is 0 Å². The summed E-state index contributed by atoms with van der Waals surface area (Å²) in [6.07, 6.45) is 8.83. The zero-order chi connectivity index (χ0) is 13.9. The largest absolute Gasteiger partial charge is 0.314 e. The Morgan fingerprint density at radius 2 is 1.90 bits per heavy atom. The molecule has 1 aromatic carbocycles. The average molecular weight is 296 g/mol. The summed E-state index contributed by atoms with van der Waals surface area (Å²) < 4.78 is 13.6. The second kappa shape index (κ2) is 6.44. The van der Waals surface area contributed by atoms with Crippen LogP contribution < -0.4 is 5.32 Å². The van der Waals surface area contributed by atoms with Crippen LogP contribution in [0.2, 0.25) is 5.02 Å². The molecule has 2 atom stereocenters. The van der Waals surface area contributed by atoms with Crippen LogP contribution in [0.15, 0.2) is 18.2 Å². The third-order valence-electron chi connectivity index (χ3n) is 4.76. The van der Waals surface area contributed by atoms with Crippen molar-refractivity contribution in [3.05, 3.63) is 34.6 Å². The van der Waals surface area contributed by atoms with E-state index in [0.29, 0.717) is 11.8 Å². The van der Waals surface area contributed by atoms with Crippen molar-refractivity contribution in [1.82, 2.24) is 5.32 Å². The molecule has 3 rings (SSSR count). The molecule has 0 heterocycles. The van der Waals surface area contributed by atoms with Gasteiger partial charge in [-0.25, -0.2) is 4.39 Å². The summed E-state index contributed by atoms with van der Waals surface area (Å²) in [6, 6.07) is 5.56. The van der Waals surface area contributed by atoms with Gasteiger partial charge in [-0.1, -0.05) is 30.9 Å². The zero-order valence-corrected chi connectivity index (χ0v) is 12.6. The molecule has 110 valence electrons. The minimum Gasteiger partial charge on any atom is -0.314 e. The van der Waals surface area contributed by atoms with Crippen molar-refractivity contribution in [1.29, 1.82) is 0 Å². The van der Waals surface area contributed by atoms with Crippen LogP contribution >= 0.6 is 11.6 Å². The Bertz CT molecular complexity index is 458. The van der Waals surface area contributed by atoms with Crippen molar-refractivity contribution >= 4 is 11.6 Å². The quantitative estimate of drug-likeness (QED) is 0.780. The van der Waals surface area contributed by atoms with Crippen molar-refractivity contribution in [2.24, 2.45) is 5.92 Å². The number of rotatable bonds is 4. The SMILES string of the molecule is Fc1ccc(Cl)c(C2CCCCCC2CNC2CC2)c1. The van der Waals surface area contributed by atoms with E-state index < -0.39 is 0 Å². The number of hydrogen-bond donors (Lipinski definition) is 1. The van der Waals surface area contributed by atoms with Crippen LogP contribution in [0.3, 0.4) is 0 Å². The highest BCUT2D eigenvalue weighted by Gasteiger charge is 2.29. The minimum atomic E-state index is -0.164. The zero-order valence-electron chi connectivity index (χ0n) is 11.9. The Kier molecular flexibility index (Phi) is 4.62. The molecule has 1 aromatic rings. The van der Waals surface area contributed by atoms with E-state index in [2.05, 4.69) is 5.32 Å². The molecule has 2 fully saturated rings. The normalized spacial score (nSPS) is 27.3. The van der Waals surface area contributed by atoms with E-state index in [1.807, 2.05) is 0 Å². The van der Waals surface area contributed by atoms with E-state index >= 15 is 0 Å². The standard InChI is InChI=1S/C17H23ClFN/c18-17-9-6-13(19)10-16(17)15-5-3-1-2-4-12(15)11-20-14-7-8-14/h6,9-10,12,14-15,20H,1-5,7-8,11H2. The van der Waals surface area contributed by atoms with Crippen molar-refractivity contribution in [3.63, 3.8) is 0 Å². The fraction of sp³-hybridized carbons (Fsp3) is 0.647. The number of nitrogens with one attached hydrogen (secondary N) is 1. The van der Waals surface area contributed by atoms with Crippen molar-refractivity contribution < 1.29 is 4.39 Å². The predicted octanol–water partition coefficient (Wildman–Crippen LogP) is 4.90. The van der Waals surface area contributed by atoms with Crippen molar-refractivity contribution in [3.8, 4) is 0 Å². The fourth-order valence-electron chi connectivity index (χ4n) is 3.44.